The first-order chi connectivity index (χ1) is 15.4. The highest BCUT2D eigenvalue weighted by atomic mass is 32.2. The van der Waals surface area contributed by atoms with E-state index in [1.54, 1.807) is 0 Å². The lowest BCUT2D eigenvalue weighted by Crippen LogP contribution is -2.52. The summed E-state index contributed by atoms with van der Waals surface area (Å²) in [7, 11) is -3.27. The summed E-state index contributed by atoms with van der Waals surface area (Å²) in [5.41, 5.74) is 2.42. The van der Waals surface area contributed by atoms with Gasteiger partial charge in [0.25, 0.3) is 0 Å². The van der Waals surface area contributed by atoms with E-state index in [1.165, 1.54) is 11.8 Å². The van der Waals surface area contributed by atoms with Crippen LogP contribution in [0.15, 0.2) is 48.5 Å². The van der Waals surface area contributed by atoms with Crippen LogP contribution in [0, 0.1) is 12.8 Å². The average molecular weight is 458 g/mol. The Morgan fingerprint density at radius 1 is 1.03 bits per heavy atom. The minimum Gasteiger partial charge on any atom is -0.378 e. The zero-order chi connectivity index (χ0) is 22.6. The normalized spacial score (nSPS) is 26.8. The molecule has 32 heavy (non-hydrogen) atoms. The van der Waals surface area contributed by atoms with Crippen molar-refractivity contribution in [1.29, 1.82) is 0 Å². The van der Waals surface area contributed by atoms with E-state index in [4.69, 9.17) is 4.74 Å². The van der Waals surface area contributed by atoms with Crippen molar-refractivity contribution in [3.63, 3.8) is 0 Å². The predicted molar refractivity (Wildman–Crippen MR) is 128 cm³/mol. The Bertz CT molecular complexity index is 975. The molecule has 2 aromatic rings. The third-order valence-electron chi connectivity index (χ3n) is 6.79. The quantitative estimate of drug-likeness (QED) is 0.683. The van der Waals surface area contributed by atoms with Crippen molar-refractivity contribution in [3.8, 4) is 0 Å². The van der Waals surface area contributed by atoms with Crippen LogP contribution >= 0.6 is 0 Å². The Kier molecular flexibility index (Phi) is 7.48. The van der Waals surface area contributed by atoms with Crippen molar-refractivity contribution in [3.05, 3.63) is 59.8 Å². The molecule has 1 aliphatic carbocycles. The molecule has 7 heteroatoms. The van der Waals surface area contributed by atoms with Gasteiger partial charge >= 0.3 is 0 Å². The van der Waals surface area contributed by atoms with Gasteiger partial charge in [-0.25, -0.2) is 18.1 Å². The van der Waals surface area contributed by atoms with Crippen LogP contribution in [0.4, 0.5) is 5.82 Å². The predicted octanol–water partition coefficient (Wildman–Crippen LogP) is 3.88. The number of nitrogens with one attached hydrogen (secondary N) is 1. The Balaban J connectivity index is 1.36. The van der Waals surface area contributed by atoms with Gasteiger partial charge in [0.05, 0.1) is 19.0 Å². The maximum absolute atomic E-state index is 11.9. The summed E-state index contributed by atoms with van der Waals surface area (Å²) in [6, 6.07) is 16.7. The van der Waals surface area contributed by atoms with Crippen molar-refractivity contribution in [2.75, 3.05) is 30.9 Å². The van der Waals surface area contributed by atoms with Crippen molar-refractivity contribution < 1.29 is 13.2 Å². The number of sulfonamides is 1. The second-order valence-corrected chi connectivity index (χ2v) is 11.1. The smallest absolute Gasteiger partial charge is 0.208 e. The number of aromatic nitrogens is 1. The fourth-order valence-electron chi connectivity index (χ4n) is 5.09. The monoisotopic (exact) mass is 457 g/mol. The summed E-state index contributed by atoms with van der Waals surface area (Å²) in [5.74, 6) is 1.66. The maximum Gasteiger partial charge on any atom is 0.208 e. The maximum atomic E-state index is 11.9. The van der Waals surface area contributed by atoms with Gasteiger partial charge in [-0.1, -0.05) is 36.4 Å². The van der Waals surface area contributed by atoms with Gasteiger partial charge in [0, 0.05) is 30.7 Å². The number of piperidine rings is 1. The summed E-state index contributed by atoms with van der Waals surface area (Å²) in [5, 5.41) is 0. The molecule has 1 saturated heterocycles. The number of aryl methyl sites for hydroxylation is 1. The van der Waals surface area contributed by atoms with E-state index in [0.717, 1.165) is 56.7 Å². The molecule has 1 aromatic heterocycles. The van der Waals surface area contributed by atoms with E-state index in [0.29, 0.717) is 12.5 Å². The third-order valence-corrected chi connectivity index (χ3v) is 7.52. The second kappa shape index (κ2) is 10.3. The minimum atomic E-state index is -3.27. The highest BCUT2D eigenvalue weighted by Crippen LogP contribution is 2.34. The topological polar surface area (TPSA) is 71.5 Å². The minimum absolute atomic E-state index is 0.0904. The third kappa shape index (κ3) is 6.30. The summed E-state index contributed by atoms with van der Waals surface area (Å²) in [6.07, 6.45) is 6.63. The first kappa shape index (κ1) is 23.2. The molecular formula is C25H35N3O3S. The lowest BCUT2D eigenvalue weighted by molar-refractivity contribution is -0.00213. The molecule has 2 fully saturated rings. The van der Waals surface area contributed by atoms with Crippen molar-refractivity contribution in [1.82, 2.24) is 9.71 Å². The van der Waals surface area contributed by atoms with Crippen LogP contribution in [0.3, 0.4) is 0 Å². The van der Waals surface area contributed by atoms with Crippen LogP contribution in [0.2, 0.25) is 0 Å². The van der Waals surface area contributed by atoms with Crippen molar-refractivity contribution in [2.24, 2.45) is 5.92 Å². The van der Waals surface area contributed by atoms with Crippen LogP contribution in [0.25, 0.3) is 0 Å². The van der Waals surface area contributed by atoms with Gasteiger partial charge in [-0.15, -0.1) is 0 Å². The molecule has 0 bridgehead atoms. The van der Waals surface area contributed by atoms with Gasteiger partial charge in [0.1, 0.15) is 5.82 Å². The van der Waals surface area contributed by atoms with Crippen LogP contribution in [-0.2, 0) is 14.8 Å². The number of ether oxygens (including phenoxy) is 1. The van der Waals surface area contributed by atoms with Crippen molar-refractivity contribution >= 4 is 15.8 Å². The van der Waals surface area contributed by atoms with E-state index >= 15 is 0 Å². The van der Waals surface area contributed by atoms with E-state index < -0.39 is 10.0 Å². The van der Waals surface area contributed by atoms with Crippen LogP contribution in [0.5, 0.6) is 0 Å². The number of nitrogens with zero attached hydrogens (tertiary/aromatic N) is 2. The SMILES string of the molecule is Cc1cccc(N2CCC(NS(C)(=O)=O)[C@H](COC3CCC(c4ccccc4)CC3)C2)n1. The highest BCUT2D eigenvalue weighted by Gasteiger charge is 2.33. The lowest BCUT2D eigenvalue weighted by atomic mass is 9.82. The van der Waals surface area contributed by atoms with E-state index in [9.17, 15) is 8.42 Å². The fourth-order valence-corrected chi connectivity index (χ4v) is 5.95. The molecule has 1 unspecified atom stereocenters. The molecule has 4 rings (SSSR count). The fraction of sp³-hybridized carbons (Fsp3) is 0.560. The molecule has 0 spiro atoms. The highest BCUT2D eigenvalue weighted by molar-refractivity contribution is 7.88. The first-order valence-corrected chi connectivity index (χ1v) is 13.6. The molecule has 174 valence electrons. The molecule has 6 nitrogen and oxygen atoms in total. The van der Waals surface area contributed by atoms with E-state index in [-0.39, 0.29) is 18.1 Å². The number of hydrogen-bond donors (Lipinski definition) is 1. The molecule has 1 N–H and O–H groups in total. The number of pyridine rings is 1. The Labute approximate surface area is 192 Å². The lowest BCUT2D eigenvalue weighted by Gasteiger charge is -2.40. The summed E-state index contributed by atoms with van der Waals surface area (Å²) >= 11 is 0. The molecule has 1 aliphatic heterocycles. The van der Waals surface area contributed by atoms with E-state index in [2.05, 4.69) is 44.9 Å². The summed E-state index contributed by atoms with van der Waals surface area (Å²) in [4.78, 5) is 6.92. The molecular weight excluding hydrogens is 422 g/mol. The molecule has 1 aromatic carbocycles. The average Bonchev–Trinajstić information content (AvgIpc) is 2.78. The van der Waals surface area contributed by atoms with Gasteiger partial charge in [0.2, 0.25) is 10.0 Å². The van der Waals surface area contributed by atoms with Gasteiger partial charge in [-0.2, -0.15) is 0 Å². The molecule has 2 heterocycles. The molecule has 0 radical (unpaired) electrons. The van der Waals surface area contributed by atoms with Crippen LogP contribution in [0.1, 0.15) is 49.3 Å². The zero-order valence-corrected chi connectivity index (χ0v) is 19.9. The number of benzene rings is 1. The second-order valence-electron chi connectivity index (χ2n) is 9.35. The molecule has 2 aliphatic rings. The Morgan fingerprint density at radius 3 is 2.47 bits per heavy atom. The number of hydrogen-bond acceptors (Lipinski definition) is 5. The van der Waals surface area contributed by atoms with Gasteiger partial charge in [-0.05, 0) is 62.6 Å². The van der Waals surface area contributed by atoms with Gasteiger partial charge in [0.15, 0.2) is 0 Å². The van der Waals surface area contributed by atoms with Crippen molar-refractivity contribution in [2.45, 2.75) is 57.1 Å². The number of anilines is 1. The first-order valence-electron chi connectivity index (χ1n) is 11.7. The molecule has 1 saturated carbocycles. The Morgan fingerprint density at radius 2 is 1.78 bits per heavy atom. The zero-order valence-electron chi connectivity index (χ0n) is 19.1. The Hall–Kier alpha value is -1.96. The van der Waals surface area contributed by atoms with Gasteiger partial charge in [-0.3, -0.25) is 0 Å². The summed E-state index contributed by atoms with van der Waals surface area (Å²) in [6.45, 7) is 4.08. The van der Waals surface area contributed by atoms with Gasteiger partial charge < -0.3 is 9.64 Å². The van der Waals surface area contributed by atoms with E-state index in [1.807, 2.05) is 25.1 Å². The molecule has 0 amide bonds. The van der Waals surface area contributed by atoms with Crippen LogP contribution in [-0.4, -0.2) is 51.5 Å². The van der Waals surface area contributed by atoms with Crippen LogP contribution < -0.4 is 9.62 Å². The standard InChI is InChI=1S/C25H35N3O3S/c1-19-7-6-10-25(26-19)28-16-15-24(27-32(2,29)30)22(17-28)18-31-23-13-11-21(12-14-23)20-8-4-3-5-9-20/h3-10,21-24,27H,11-18H2,1-2H3/t21?,22-,23?,24?/m0/s1. The largest absolute Gasteiger partial charge is 0.378 e. The number of rotatable bonds is 7. The summed E-state index contributed by atoms with van der Waals surface area (Å²) < 4.78 is 33.1. The molecule has 2 atom stereocenters.